The van der Waals surface area contributed by atoms with Crippen LogP contribution in [0.2, 0.25) is 0 Å². The Kier molecular flexibility index (Phi) is 6.58. The zero-order chi connectivity index (χ0) is 13.8. The van der Waals surface area contributed by atoms with Gasteiger partial charge < -0.3 is 10.2 Å². The molecule has 0 saturated carbocycles. The Morgan fingerprint density at radius 1 is 0.850 bits per heavy atom. The van der Waals surface area contributed by atoms with Crippen LogP contribution in [-0.2, 0) is 6.42 Å². The minimum absolute atomic E-state index is 0. The summed E-state index contributed by atoms with van der Waals surface area (Å²) in [6.07, 6.45) is 0.392. The van der Waals surface area contributed by atoms with Gasteiger partial charge in [-0.3, -0.25) is 0 Å². The maximum absolute atomic E-state index is 11.3. The molecule has 0 unspecified atom stereocenters. The first-order valence-electron chi connectivity index (χ1n) is 5.72. The van der Waals surface area contributed by atoms with E-state index in [4.69, 9.17) is 5.11 Å². The van der Waals surface area contributed by atoms with E-state index in [1.165, 1.54) is 6.07 Å². The number of carboxylic acids is 2. The molecule has 2 aromatic rings. The van der Waals surface area contributed by atoms with Crippen molar-refractivity contribution in [2.75, 3.05) is 0 Å². The van der Waals surface area contributed by atoms with Gasteiger partial charge in [0.15, 0.2) is 0 Å². The first kappa shape index (κ1) is 17.1. The quantitative estimate of drug-likeness (QED) is 0.847. The summed E-state index contributed by atoms with van der Waals surface area (Å²) < 4.78 is 0. The van der Waals surface area contributed by atoms with Crippen molar-refractivity contribution in [3.8, 4) is 0 Å². The fourth-order valence-electron chi connectivity index (χ4n) is 1.99. The van der Waals surface area contributed by atoms with Gasteiger partial charge in [-0.05, 0) is 23.6 Å². The molecule has 0 aliphatic carbocycles. The van der Waals surface area contributed by atoms with E-state index >= 15 is 0 Å². The van der Waals surface area contributed by atoms with E-state index < -0.39 is 11.9 Å². The number of carbonyl (C=O) groups is 2. The summed E-state index contributed by atoms with van der Waals surface area (Å²) in [5.74, 6) is -2.45. The van der Waals surface area contributed by atoms with Crippen LogP contribution >= 0.6 is 0 Å². The summed E-state index contributed by atoms with van der Waals surface area (Å²) in [7, 11) is 0. The fourth-order valence-corrected chi connectivity index (χ4v) is 1.99. The van der Waals surface area contributed by atoms with Crippen molar-refractivity contribution in [2.45, 2.75) is 6.42 Å². The van der Waals surface area contributed by atoms with Gasteiger partial charge in [0.05, 0.1) is 11.1 Å². The second kappa shape index (κ2) is 7.71. The van der Waals surface area contributed by atoms with E-state index in [2.05, 4.69) is 0 Å². The Balaban J connectivity index is 0.00000200. The van der Waals surface area contributed by atoms with Crippen molar-refractivity contribution in [2.24, 2.45) is 0 Å². The molecule has 0 amide bonds. The van der Waals surface area contributed by atoms with E-state index in [0.717, 1.165) is 5.56 Å². The van der Waals surface area contributed by atoms with Crippen molar-refractivity contribution in [1.82, 2.24) is 0 Å². The summed E-state index contributed by atoms with van der Waals surface area (Å²) >= 11 is 0. The SMILES string of the molecule is O=C(O)c1cccc(Cc2ccccc2)c1C(=O)O.[KH]. The third-order valence-electron chi connectivity index (χ3n) is 2.83. The topological polar surface area (TPSA) is 74.6 Å². The molecule has 0 radical (unpaired) electrons. The Morgan fingerprint density at radius 2 is 1.50 bits per heavy atom. The predicted molar refractivity (Wildman–Crippen MR) is 76.8 cm³/mol. The van der Waals surface area contributed by atoms with Crippen LogP contribution in [0.3, 0.4) is 0 Å². The van der Waals surface area contributed by atoms with Crippen LogP contribution in [0.5, 0.6) is 0 Å². The monoisotopic (exact) mass is 296 g/mol. The normalized spacial score (nSPS) is 9.60. The van der Waals surface area contributed by atoms with Crippen LogP contribution in [0.4, 0.5) is 0 Å². The number of rotatable bonds is 4. The van der Waals surface area contributed by atoms with Crippen molar-refractivity contribution >= 4 is 63.3 Å². The number of aromatic carboxylic acids is 2. The molecule has 0 bridgehead atoms. The summed E-state index contributed by atoms with van der Waals surface area (Å²) in [6, 6.07) is 13.8. The molecule has 98 valence electrons. The molecule has 0 fully saturated rings. The first-order chi connectivity index (χ1) is 9.09. The molecule has 0 aliphatic heterocycles. The number of carboxylic acid groups (broad SMARTS) is 2. The van der Waals surface area contributed by atoms with Gasteiger partial charge in [0.2, 0.25) is 0 Å². The van der Waals surface area contributed by atoms with E-state index in [9.17, 15) is 14.7 Å². The number of hydrogen-bond acceptors (Lipinski definition) is 2. The Morgan fingerprint density at radius 3 is 2.05 bits per heavy atom. The van der Waals surface area contributed by atoms with E-state index in [1.54, 1.807) is 12.1 Å². The molecule has 0 spiro atoms. The average molecular weight is 296 g/mol. The second-order valence-corrected chi connectivity index (χ2v) is 4.11. The predicted octanol–water partition coefficient (Wildman–Crippen LogP) is 2.03. The first-order valence-corrected chi connectivity index (χ1v) is 5.72. The van der Waals surface area contributed by atoms with Crippen LogP contribution in [0.15, 0.2) is 48.5 Å². The summed E-state index contributed by atoms with van der Waals surface area (Å²) in [4.78, 5) is 22.3. The van der Waals surface area contributed by atoms with Crippen molar-refractivity contribution < 1.29 is 19.8 Å². The molecule has 4 nitrogen and oxygen atoms in total. The van der Waals surface area contributed by atoms with Crippen LogP contribution in [0.25, 0.3) is 0 Å². The molecule has 0 aliphatic rings. The van der Waals surface area contributed by atoms with E-state index in [0.29, 0.717) is 12.0 Å². The Hall–Kier alpha value is -0.984. The Bertz CT molecular complexity index is 623. The van der Waals surface area contributed by atoms with Gasteiger partial charge in [-0.1, -0.05) is 42.5 Å². The minimum atomic E-state index is -1.23. The molecular formula is C15H13KO4. The van der Waals surface area contributed by atoms with Gasteiger partial charge in [0.25, 0.3) is 0 Å². The second-order valence-electron chi connectivity index (χ2n) is 4.11. The van der Waals surface area contributed by atoms with Crippen LogP contribution in [0, 0.1) is 0 Å². The summed E-state index contributed by atoms with van der Waals surface area (Å²) in [5.41, 5.74) is 1.12. The van der Waals surface area contributed by atoms with E-state index in [-0.39, 0.29) is 62.5 Å². The molecule has 2 N–H and O–H groups in total. The molecular weight excluding hydrogens is 283 g/mol. The molecule has 5 heteroatoms. The summed E-state index contributed by atoms with van der Waals surface area (Å²) in [6.45, 7) is 0. The van der Waals surface area contributed by atoms with E-state index in [1.807, 2.05) is 30.3 Å². The average Bonchev–Trinajstić information content (AvgIpc) is 2.39. The van der Waals surface area contributed by atoms with Gasteiger partial charge in [-0.25, -0.2) is 9.59 Å². The molecule has 0 atom stereocenters. The molecule has 0 saturated heterocycles. The number of benzene rings is 2. The van der Waals surface area contributed by atoms with Crippen LogP contribution in [0.1, 0.15) is 31.8 Å². The molecule has 0 heterocycles. The third-order valence-corrected chi connectivity index (χ3v) is 2.83. The zero-order valence-corrected chi connectivity index (χ0v) is 10.0. The molecule has 20 heavy (non-hydrogen) atoms. The maximum atomic E-state index is 11.3. The molecule has 2 aromatic carbocycles. The number of hydrogen-bond donors (Lipinski definition) is 2. The van der Waals surface area contributed by atoms with Crippen molar-refractivity contribution in [3.63, 3.8) is 0 Å². The fraction of sp³-hybridized carbons (Fsp3) is 0.0667. The zero-order valence-electron chi connectivity index (χ0n) is 10.0. The van der Waals surface area contributed by atoms with Crippen molar-refractivity contribution in [1.29, 1.82) is 0 Å². The standard InChI is InChI=1S/C15H12O4.K.H/c16-14(17)12-8-4-7-11(13(12)15(18)19)9-10-5-2-1-3-6-10;;/h1-8H,9H2,(H,16,17)(H,18,19);;. The summed E-state index contributed by atoms with van der Waals surface area (Å²) in [5, 5.41) is 18.3. The van der Waals surface area contributed by atoms with Crippen molar-refractivity contribution in [3.05, 3.63) is 70.8 Å². The van der Waals surface area contributed by atoms with Gasteiger partial charge in [0.1, 0.15) is 0 Å². The Labute approximate surface area is 158 Å². The van der Waals surface area contributed by atoms with Gasteiger partial charge >= 0.3 is 63.3 Å². The van der Waals surface area contributed by atoms with Crippen LogP contribution < -0.4 is 0 Å². The van der Waals surface area contributed by atoms with Crippen LogP contribution in [-0.4, -0.2) is 73.5 Å². The van der Waals surface area contributed by atoms with Gasteiger partial charge in [-0.2, -0.15) is 0 Å². The third kappa shape index (κ3) is 4.00. The molecule has 2 rings (SSSR count). The molecule has 0 aromatic heterocycles. The van der Waals surface area contributed by atoms with Gasteiger partial charge in [-0.15, -0.1) is 0 Å². The van der Waals surface area contributed by atoms with Gasteiger partial charge in [0, 0.05) is 0 Å².